The molecular weight excluding hydrogens is 308 g/mol. The summed E-state index contributed by atoms with van der Waals surface area (Å²) in [6, 6.07) is 9.87. The van der Waals surface area contributed by atoms with Crippen molar-refractivity contribution in [3.05, 3.63) is 57.6 Å². The van der Waals surface area contributed by atoms with Crippen molar-refractivity contribution in [3.8, 4) is 0 Å². The number of hydrogen-bond donors (Lipinski definition) is 1. The average molecular weight is 318 g/mol. The molecule has 0 aliphatic carbocycles. The molecule has 2 aromatic carbocycles. The third-order valence-corrected chi connectivity index (χ3v) is 3.63. The fraction of sp³-hybridized carbons (Fsp3) is 0.0714. The number of para-hydroxylation sites is 1. The Kier molecular flexibility index (Phi) is 6.37. The van der Waals surface area contributed by atoms with Crippen LogP contribution in [0.25, 0.3) is 0 Å². The van der Waals surface area contributed by atoms with Gasteiger partial charge in [-0.25, -0.2) is 0 Å². The van der Waals surface area contributed by atoms with Crippen molar-refractivity contribution in [1.82, 2.24) is 0 Å². The maximum Gasteiger partial charge on any atom is 1.00 e. The smallest absolute Gasteiger partial charge is 0.545 e. The zero-order valence-corrected chi connectivity index (χ0v) is 14.5. The topological polar surface area (TPSA) is 52.2 Å². The number of nitrogens with one attached hydrogen (secondary N) is 1. The van der Waals surface area contributed by atoms with E-state index in [0.717, 1.165) is 5.56 Å². The average Bonchev–Trinajstić information content (AvgIpc) is 2.40. The van der Waals surface area contributed by atoms with Crippen molar-refractivity contribution >= 4 is 40.5 Å². The van der Waals surface area contributed by atoms with Crippen LogP contribution >= 0.6 is 23.2 Å². The second-order valence-electron chi connectivity index (χ2n) is 3.99. The van der Waals surface area contributed by atoms with Gasteiger partial charge in [-0.1, -0.05) is 41.4 Å². The van der Waals surface area contributed by atoms with Crippen LogP contribution in [0, 0.1) is 6.92 Å². The molecule has 3 nitrogen and oxygen atoms in total. The fourth-order valence-electron chi connectivity index (χ4n) is 1.67. The van der Waals surface area contributed by atoms with Crippen molar-refractivity contribution in [2.45, 2.75) is 6.92 Å². The molecule has 0 aromatic heterocycles. The van der Waals surface area contributed by atoms with Crippen LogP contribution in [0.15, 0.2) is 36.4 Å². The van der Waals surface area contributed by atoms with Gasteiger partial charge in [0.15, 0.2) is 0 Å². The van der Waals surface area contributed by atoms with Gasteiger partial charge in [-0.2, -0.15) is 0 Å². The first kappa shape index (κ1) is 17.3. The van der Waals surface area contributed by atoms with E-state index in [1.54, 1.807) is 37.3 Å². The molecule has 2 aromatic rings. The van der Waals surface area contributed by atoms with Crippen LogP contribution in [-0.2, 0) is 0 Å². The first-order valence-electron chi connectivity index (χ1n) is 5.52. The second kappa shape index (κ2) is 7.34. The first-order valence-corrected chi connectivity index (χ1v) is 6.28. The summed E-state index contributed by atoms with van der Waals surface area (Å²) in [6.07, 6.45) is 0. The Morgan fingerprint density at radius 3 is 2.40 bits per heavy atom. The summed E-state index contributed by atoms with van der Waals surface area (Å²) in [6.45, 7) is 1.79. The molecule has 2 rings (SSSR count). The number of carboxylic acid groups (broad SMARTS) is 1. The van der Waals surface area contributed by atoms with E-state index in [2.05, 4.69) is 5.32 Å². The predicted molar refractivity (Wildman–Crippen MR) is 75.3 cm³/mol. The second-order valence-corrected chi connectivity index (χ2v) is 4.78. The Bertz CT molecular complexity index is 647. The molecular formula is C14H10Cl2NNaO2. The predicted octanol–water partition coefficient (Wildman–Crippen LogP) is 0.413. The van der Waals surface area contributed by atoms with E-state index in [-0.39, 0.29) is 35.1 Å². The summed E-state index contributed by atoms with van der Waals surface area (Å²) in [7, 11) is 0. The van der Waals surface area contributed by atoms with Gasteiger partial charge in [0.1, 0.15) is 0 Å². The molecule has 20 heavy (non-hydrogen) atoms. The molecule has 0 radical (unpaired) electrons. The van der Waals surface area contributed by atoms with Gasteiger partial charge in [0, 0.05) is 16.3 Å². The molecule has 0 heterocycles. The van der Waals surface area contributed by atoms with Gasteiger partial charge >= 0.3 is 29.6 Å². The molecule has 98 valence electrons. The Labute approximate surface area is 149 Å². The molecule has 0 bridgehead atoms. The number of carboxylic acids is 1. The minimum Gasteiger partial charge on any atom is -0.545 e. The van der Waals surface area contributed by atoms with Crippen LogP contribution in [0.3, 0.4) is 0 Å². The van der Waals surface area contributed by atoms with Crippen LogP contribution in [0.2, 0.25) is 10.0 Å². The van der Waals surface area contributed by atoms with E-state index in [0.29, 0.717) is 21.4 Å². The zero-order chi connectivity index (χ0) is 14.0. The maximum atomic E-state index is 11.0. The number of hydrogen-bond acceptors (Lipinski definition) is 3. The fourth-order valence-corrected chi connectivity index (χ4v) is 2.09. The molecule has 1 N–H and O–H groups in total. The van der Waals surface area contributed by atoms with Crippen LogP contribution in [-0.4, -0.2) is 5.97 Å². The Morgan fingerprint density at radius 1 is 1.10 bits per heavy atom. The SMILES string of the molecule is Cc1c(Cl)ccc(Nc2ccccc2C(=O)[O-])c1Cl.[Na+]. The van der Waals surface area contributed by atoms with Crippen molar-refractivity contribution in [2.75, 3.05) is 5.32 Å². The van der Waals surface area contributed by atoms with Gasteiger partial charge in [-0.05, 0) is 30.7 Å². The maximum absolute atomic E-state index is 11.0. The number of anilines is 2. The van der Waals surface area contributed by atoms with E-state index in [9.17, 15) is 9.90 Å². The number of aromatic carboxylic acids is 1. The minimum atomic E-state index is -1.25. The minimum absolute atomic E-state index is 0. The molecule has 0 unspecified atom stereocenters. The zero-order valence-electron chi connectivity index (χ0n) is 11.0. The summed E-state index contributed by atoms with van der Waals surface area (Å²) < 4.78 is 0. The van der Waals surface area contributed by atoms with E-state index in [1.807, 2.05) is 0 Å². The third-order valence-electron chi connectivity index (χ3n) is 2.74. The van der Waals surface area contributed by atoms with Crippen LogP contribution in [0.4, 0.5) is 11.4 Å². The largest absolute Gasteiger partial charge is 1.00 e. The number of carbonyl (C=O) groups is 1. The molecule has 0 fully saturated rings. The summed E-state index contributed by atoms with van der Waals surface area (Å²) in [5, 5.41) is 15.0. The molecule has 0 aliphatic rings. The first-order chi connectivity index (χ1) is 9.00. The molecule has 0 aliphatic heterocycles. The Hall–Kier alpha value is -0.710. The van der Waals surface area contributed by atoms with Gasteiger partial charge in [-0.3, -0.25) is 0 Å². The Balaban J connectivity index is 0.00000200. The van der Waals surface area contributed by atoms with Crippen LogP contribution < -0.4 is 40.0 Å². The number of benzene rings is 2. The van der Waals surface area contributed by atoms with Gasteiger partial charge in [0.05, 0.1) is 16.7 Å². The summed E-state index contributed by atoms with van der Waals surface area (Å²) >= 11 is 12.1. The summed E-state index contributed by atoms with van der Waals surface area (Å²) in [5.41, 5.74) is 1.83. The molecule has 0 spiro atoms. The van der Waals surface area contributed by atoms with Gasteiger partial charge in [-0.15, -0.1) is 0 Å². The van der Waals surface area contributed by atoms with Gasteiger partial charge < -0.3 is 15.2 Å². The Morgan fingerprint density at radius 2 is 1.75 bits per heavy atom. The number of halogens is 2. The van der Waals surface area contributed by atoms with Crippen molar-refractivity contribution < 1.29 is 39.5 Å². The molecule has 0 amide bonds. The number of rotatable bonds is 3. The summed E-state index contributed by atoms with van der Waals surface area (Å²) in [5.74, 6) is -1.25. The number of carbonyl (C=O) groups excluding carboxylic acids is 1. The van der Waals surface area contributed by atoms with Crippen molar-refractivity contribution in [1.29, 1.82) is 0 Å². The van der Waals surface area contributed by atoms with Crippen molar-refractivity contribution in [2.24, 2.45) is 0 Å². The summed E-state index contributed by atoms with van der Waals surface area (Å²) in [4.78, 5) is 11.0. The standard InChI is InChI=1S/C14H11Cl2NO2.Na/c1-8-10(15)6-7-12(13(8)16)17-11-5-3-2-4-9(11)14(18)19;/h2-7,17H,1H3,(H,18,19);/q;+1/p-1. The quantitative estimate of drug-likeness (QED) is 0.834. The van der Waals surface area contributed by atoms with Gasteiger partial charge in [0.25, 0.3) is 0 Å². The van der Waals surface area contributed by atoms with E-state index >= 15 is 0 Å². The molecule has 0 saturated heterocycles. The normalized spacial score (nSPS) is 9.75. The third kappa shape index (κ3) is 3.68. The van der Waals surface area contributed by atoms with Crippen molar-refractivity contribution in [3.63, 3.8) is 0 Å². The van der Waals surface area contributed by atoms with Crippen LogP contribution in [0.1, 0.15) is 15.9 Å². The molecule has 0 atom stereocenters. The molecule has 0 saturated carbocycles. The van der Waals surface area contributed by atoms with Gasteiger partial charge in [0.2, 0.25) is 0 Å². The van der Waals surface area contributed by atoms with E-state index in [4.69, 9.17) is 23.2 Å². The monoisotopic (exact) mass is 317 g/mol. The van der Waals surface area contributed by atoms with E-state index < -0.39 is 5.97 Å². The van der Waals surface area contributed by atoms with Crippen LogP contribution in [0.5, 0.6) is 0 Å². The van der Waals surface area contributed by atoms with E-state index in [1.165, 1.54) is 6.07 Å². The molecule has 6 heteroatoms.